The lowest BCUT2D eigenvalue weighted by molar-refractivity contribution is -0.118. The second kappa shape index (κ2) is 9.38. The Bertz CT molecular complexity index is 864. The van der Waals surface area contributed by atoms with Gasteiger partial charge >= 0.3 is 0 Å². The molecule has 8 heteroatoms. The Morgan fingerprint density at radius 3 is 2.26 bits per heavy atom. The number of benzene rings is 2. The van der Waals surface area contributed by atoms with Gasteiger partial charge in [-0.25, -0.2) is 12.7 Å². The Hall–Kier alpha value is -2.58. The van der Waals surface area contributed by atoms with Crippen LogP contribution in [0.15, 0.2) is 53.4 Å². The number of nitrogens with zero attached hydrogens (tertiary/aromatic N) is 1. The van der Waals surface area contributed by atoms with Gasteiger partial charge in [0.15, 0.2) is 6.61 Å². The summed E-state index contributed by atoms with van der Waals surface area (Å²) in [6.07, 6.45) is 0.926. The third kappa shape index (κ3) is 5.97. The molecule has 0 unspecified atom stereocenters. The van der Waals surface area contributed by atoms with Crippen LogP contribution in [0.1, 0.15) is 13.3 Å². The molecule has 0 bridgehead atoms. The lowest BCUT2D eigenvalue weighted by Gasteiger charge is -2.13. The van der Waals surface area contributed by atoms with Gasteiger partial charge in [0.25, 0.3) is 5.91 Å². The van der Waals surface area contributed by atoms with E-state index in [2.05, 4.69) is 5.32 Å². The van der Waals surface area contributed by atoms with E-state index in [9.17, 15) is 13.2 Å². The minimum Gasteiger partial charge on any atom is -0.494 e. The smallest absolute Gasteiger partial charge is 0.262 e. The average Bonchev–Trinajstić information content (AvgIpc) is 2.65. The number of nitrogens with one attached hydrogen (secondary N) is 1. The first-order valence-electron chi connectivity index (χ1n) is 8.51. The molecule has 27 heavy (non-hydrogen) atoms. The van der Waals surface area contributed by atoms with Crippen molar-refractivity contribution in [2.45, 2.75) is 18.2 Å². The van der Waals surface area contributed by atoms with E-state index in [4.69, 9.17) is 9.47 Å². The quantitative estimate of drug-likeness (QED) is 0.709. The third-order valence-corrected chi connectivity index (χ3v) is 5.37. The van der Waals surface area contributed by atoms with Crippen LogP contribution in [0.25, 0.3) is 0 Å². The third-order valence-electron chi connectivity index (χ3n) is 3.56. The molecular weight excluding hydrogens is 368 g/mol. The van der Waals surface area contributed by atoms with Crippen LogP contribution in [0.4, 0.5) is 5.69 Å². The van der Waals surface area contributed by atoms with Crippen molar-refractivity contribution >= 4 is 21.6 Å². The summed E-state index contributed by atoms with van der Waals surface area (Å²) < 4.78 is 36.3. The molecule has 0 aliphatic carbocycles. The van der Waals surface area contributed by atoms with E-state index in [1.807, 2.05) is 6.92 Å². The molecule has 7 nitrogen and oxygen atoms in total. The number of ether oxygens (including phenoxy) is 2. The molecule has 2 rings (SSSR count). The van der Waals surface area contributed by atoms with E-state index >= 15 is 0 Å². The van der Waals surface area contributed by atoms with Crippen molar-refractivity contribution in [3.8, 4) is 11.5 Å². The molecule has 2 aromatic rings. The first kappa shape index (κ1) is 20.7. The van der Waals surface area contributed by atoms with Gasteiger partial charge in [0, 0.05) is 19.8 Å². The van der Waals surface area contributed by atoms with Crippen molar-refractivity contribution in [1.29, 1.82) is 0 Å². The highest BCUT2D eigenvalue weighted by molar-refractivity contribution is 7.89. The standard InChI is InChI=1S/C19H24N2O5S/c1-4-12-25-16-8-10-17(11-9-16)26-14-19(22)20-15-6-5-7-18(13-15)27(23,24)21(2)3/h5-11,13H,4,12,14H2,1-3H3,(H,20,22). The number of rotatable bonds is 9. The Morgan fingerprint density at radius 1 is 1.04 bits per heavy atom. The molecule has 0 atom stereocenters. The summed E-state index contributed by atoms with van der Waals surface area (Å²) in [6.45, 7) is 2.48. The summed E-state index contributed by atoms with van der Waals surface area (Å²) in [5, 5.41) is 2.63. The molecule has 0 aromatic heterocycles. The van der Waals surface area contributed by atoms with Crippen molar-refractivity contribution < 1.29 is 22.7 Å². The fourth-order valence-corrected chi connectivity index (χ4v) is 3.09. The van der Waals surface area contributed by atoms with Gasteiger partial charge in [0.2, 0.25) is 10.0 Å². The molecule has 0 fully saturated rings. The second-order valence-electron chi connectivity index (χ2n) is 5.97. The van der Waals surface area contributed by atoms with Crippen LogP contribution in [-0.4, -0.2) is 45.9 Å². The van der Waals surface area contributed by atoms with E-state index in [0.29, 0.717) is 18.0 Å². The van der Waals surface area contributed by atoms with Crippen LogP contribution in [0, 0.1) is 0 Å². The van der Waals surface area contributed by atoms with Crippen LogP contribution >= 0.6 is 0 Å². The van der Waals surface area contributed by atoms with E-state index < -0.39 is 10.0 Å². The molecule has 1 N–H and O–H groups in total. The zero-order valence-electron chi connectivity index (χ0n) is 15.6. The van der Waals surface area contributed by atoms with Gasteiger partial charge in [0.1, 0.15) is 11.5 Å². The highest BCUT2D eigenvalue weighted by Crippen LogP contribution is 2.19. The highest BCUT2D eigenvalue weighted by atomic mass is 32.2. The fraction of sp³-hybridized carbons (Fsp3) is 0.316. The van der Waals surface area contributed by atoms with Gasteiger partial charge in [-0.3, -0.25) is 4.79 Å². The lowest BCUT2D eigenvalue weighted by atomic mass is 10.3. The Morgan fingerprint density at radius 2 is 1.67 bits per heavy atom. The van der Waals surface area contributed by atoms with Crippen molar-refractivity contribution in [3.63, 3.8) is 0 Å². The number of carbonyl (C=O) groups is 1. The van der Waals surface area contributed by atoms with Crippen LogP contribution in [0.5, 0.6) is 11.5 Å². The van der Waals surface area contributed by atoms with E-state index in [-0.39, 0.29) is 17.4 Å². The predicted octanol–water partition coefficient (Wildman–Crippen LogP) is 2.74. The summed E-state index contributed by atoms with van der Waals surface area (Å²) in [7, 11) is -0.660. The number of amides is 1. The van der Waals surface area contributed by atoms with E-state index in [0.717, 1.165) is 16.5 Å². The van der Waals surface area contributed by atoms with Gasteiger partial charge in [-0.05, 0) is 48.9 Å². The monoisotopic (exact) mass is 392 g/mol. The molecule has 0 radical (unpaired) electrons. The van der Waals surface area contributed by atoms with Crippen molar-refractivity contribution in [3.05, 3.63) is 48.5 Å². The summed E-state index contributed by atoms with van der Waals surface area (Å²) in [5.41, 5.74) is 0.384. The minimum absolute atomic E-state index is 0.105. The summed E-state index contributed by atoms with van der Waals surface area (Å²) in [6, 6.07) is 13.1. The number of carbonyl (C=O) groups excluding carboxylic acids is 1. The first-order chi connectivity index (χ1) is 12.8. The molecule has 0 spiro atoms. The van der Waals surface area contributed by atoms with Crippen molar-refractivity contribution in [2.24, 2.45) is 0 Å². The minimum atomic E-state index is -3.56. The van der Waals surface area contributed by atoms with Crippen LogP contribution in [-0.2, 0) is 14.8 Å². The Balaban J connectivity index is 1.92. The van der Waals surface area contributed by atoms with Crippen LogP contribution in [0.3, 0.4) is 0 Å². The molecule has 0 saturated heterocycles. The predicted molar refractivity (Wildman–Crippen MR) is 104 cm³/mol. The maximum atomic E-state index is 12.2. The molecule has 0 aliphatic rings. The second-order valence-corrected chi connectivity index (χ2v) is 8.12. The maximum Gasteiger partial charge on any atom is 0.262 e. The molecule has 0 aliphatic heterocycles. The summed E-state index contributed by atoms with van der Waals surface area (Å²) in [4.78, 5) is 12.2. The highest BCUT2D eigenvalue weighted by Gasteiger charge is 2.17. The maximum absolute atomic E-state index is 12.2. The van der Waals surface area contributed by atoms with Gasteiger partial charge in [-0.2, -0.15) is 0 Å². The number of hydrogen-bond donors (Lipinski definition) is 1. The molecule has 1 amide bonds. The topological polar surface area (TPSA) is 84.9 Å². The Kier molecular flexibility index (Phi) is 7.20. The fourth-order valence-electron chi connectivity index (χ4n) is 2.14. The zero-order chi connectivity index (χ0) is 19.9. The van der Waals surface area contributed by atoms with Gasteiger partial charge in [-0.1, -0.05) is 13.0 Å². The molecule has 146 valence electrons. The van der Waals surface area contributed by atoms with Gasteiger partial charge in [-0.15, -0.1) is 0 Å². The largest absolute Gasteiger partial charge is 0.494 e. The number of hydrogen-bond acceptors (Lipinski definition) is 5. The first-order valence-corrected chi connectivity index (χ1v) is 9.95. The van der Waals surface area contributed by atoms with Crippen molar-refractivity contribution in [1.82, 2.24) is 4.31 Å². The van der Waals surface area contributed by atoms with E-state index in [1.54, 1.807) is 36.4 Å². The van der Waals surface area contributed by atoms with Crippen LogP contribution in [0.2, 0.25) is 0 Å². The zero-order valence-corrected chi connectivity index (χ0v) is 16.5. The summed E-state index contributed by atoms with van der Waals surface area (Å²) >= 11 is 0. The average molecular weight is 392 g/mol. The number of anilines is 1. The molecule has 0 saturated carbocycles. The summed E-state index contributed by atoms with van der Waals surface area (Å²) in [5.74, 6) is 0.895. The van der Waals surface area contributed by atoms with Crippen LogP contribution < -0.4 is 14.8 Å². The van der Waals surface area contributed by atoms with Gasteiger partial charge < -0.3 is 14.8 Å². The number of sulfonamides is 1. The van der Waals surface area contributed by atoms with Crippen molar-refractivity contribution in [2.75, 3.05) is 32.6 Å². The molecule has 0 heterocycles. The SMILES string of the molecule is CCCOc1ccc(OCC(=O)Nc2cccc(S(=O)(=O)N(C)C)c2)cc1. The lowest BCUT2D eigenvalue weighted by Crippen LogP contribution is -2.23. The molecule has 2 aromatic carbocycles. The normalized spacial score (nSPS) is 11.3. The van der Waals surface area contributed by atoms with Gasteiger partial charge in [0.05, 0.1) is 11.5 Å². The van der Waals surface area contributed by atoms with E-state index in [1.165, 1.54) is 26.2 Å². The Labute approximate surface area is 160 Å². The molecular formula is C19H24N2O5S.